The van der Waals surface area contributed by atoms with Crippen molar-refractivity contribution < 1.29 is 37.3 Å². The van der Waals surface area contributed by atoms with Crippen LogP contribution in [0.2, 0.25) is 0 Å². The second-order valence-electron chi connectivity index (χ2n) is 6.81. The van der Waals surface area contributed by atoms with Crippen LogP contribution < -0.4 is 14.8 Å². The fraction of sp³-hybridized carbons (Fsp3) is 0.286. The van der Waals surface area contributed by atoms with Crippen LogP contribution in [0.5, 0.6) is 11.6 Å². The number of nitrogens with zero attached hydrogens (tertiary/aromatic N) is 4. The summed E-state index contributed by atoms with van der Waals surface area (Å²) in [4.78, 5) is 30.3. The van der Waals surface area contributed by atoms with E-state index in [1.165, 1.54) is 14.2 Å². The van der Waals surface area contributed by atoms with Crippen LogP contribution >= 0.6 is 0 Å². The molecular weight excluding hydrogens is 459 g/mol. The number of imidazole rings is 1. The predicted molar refractivity (Wildman–Crippen MR) is 113 cm³/mol. The number of halogens is 3. The standard InChI is InChI=1S/C19H19N5O3.C2HF3O2/c1-12(9-20)7-13-10-24-11-14(15(26-2)8-17(24)21-13)19(25)23-16-5-4-6-18(22-16)27-3;3-2(4,5)1(6)7/h4-6,8,10-12H,7H2,1-3H3,(H,22,23,25);(H,6,7). The molecule has 1 unspecified atom stereocenters. The molecule has 1 amide bonds. The van der Waals surface area contributed by atoms with E-state index in [1.807, 2.05) is 13.1 Å². The van der Waals surface area contributed by atoms with Gasteiger partial charge in [-0.2, -0.15) is 23.4 Å². The Morgan fingerprint density at radius 2 is 1.91 bits per heavy atom. The van der Waals surface area contributed by atoms with E-state index in [0.717, 1.165) is 5.69 Å². The Kier molecular flexibility index (Phi) is 8.38. The Bertz CT molecular complexity index is 1220. The number of hydrogen-bond acceptors (Lipinski definition) is 7. The van der Waals surface area contributed by atoms with E-state index in [9.17, 15) is 18.0 Å². The van der Waals surface area contributed by atoms with Crippen molar-refractivity contribution in [2.24, 2.45) is 5.92 Å². The van der Waals surface area contributed by atoms with Crippen LogP contribution in [0.25, 0.3) is 5.65 Å². The number of fused-ring (bicyclic) bond motifs is 1. The summed E-state index contributed by atoms with van der Waals surface area (Å²) >= 11 is 0. The average molecular weight is 479 g/mol. The SMILES string of the molecule is COc1cccc(NC(=O)c2cn3cc(CC(C)C#N)nc3cc2OC)n1.O=C(O)C(F)(F)F. The average Bonchev–Trinajstić information content (AvgIpc) is 3.18. The molecule has 0 aliphatic carbocycles. The highest BCUT2D eigenvalue weighted by molar-refractivity contribution is 6.05. The highest BCUT2D eigenvalue weighted by Crippen LogP contribution is 2.23. The summed E-state index contributed by atoms with van der Waals surface area (Å²) in [5, 5.41) is 18.8. The van der Waals surface area contributed by atoms with Gasteiger partial charge < -0.3 is 24.3 Å². The fourth-order valence-electron chi connectivity index (χ4n) is 2.65. The van der Waals surface area contributed by atoms with Crippen LogP contribution in [0.1, 0.15) is 23.0 Å². The molecule has 0 aromatic carbocycles. The van der Waals surface area contributed by atoms with Crippen LogP contribution in [0.4, 0.5) is 19.0 Å². The Morgan fingerprint density at radius 1 is 1.24 bits per heavy atom. The molecule has 3 aromatic rings. The molecule has 0 fully saturated rings. The Morgan fingerprint density at radius 3 is 2.47 bits per heavy atom. The monoisotopic (exact) mass is 479 g/mol. The first-order valence-electron chi connectivity index (χ1n) is 9.56. The minimum absolute atomic E-state index is 0.140. The Hall–Kier alpha value is -4.34. The number of ether oxygens (including phenoxy) is 2. The van der Waals surface area contributed by atoms with Crippen molar-refractivity contribution in [3.8, 4) is 17.7 Å². The van der Waals surface area contributed by atoms with Gasteiger partial charge >= 0.3 is 12.1 Å². The molecular formula is C21H20F3N5O5. The van der Waals surface area contributed by atoms with E-state index in [2.05, 4.69) is 21.4 Å². The summed E-state index contributed by atoms with van der Waals surface area (Å²) in [7, 11) is 3.00. The lowest BCUT2D eigenvalue weighted by Crippen LogP contribution is -2.21. The number of anilines is 1. The van der Waals surface area contributed by atoms with Gasteiger partial charge in [0.1, 0.15) is 17.2 Å². The van der Waals surface area contributed by atoms with Crippen LogP contribution in [-0.2, 0) is 11.2 Å². The van der Waals surface area contributed by atoms with E-state index in [-0.39, 0.29) is 11.8 Å². The van der Waals surface area contributed by atoms with Gasteiger partial charge in [0.05, 0.1) is 31.5 Å². The van der Waals surface area contributed by atoms with E-state index in [1.54, 1.807) is 34.9 Å². The van der Waals surface area contributed by atoms with E-state index in [4.69, 9.17) is 24.6 Å². The van der Waals surface area contributed by atoms with Crippen LogP contribution in [0.15, 0.2) is 36.7 Å². The predicted octanol–water partition coefficient (Wildman–Crippen LogP) is 3.33. The first-order chi connectivity index (χ1) is 16.0. The number of aromatic nitrogens is 3. The zero-order valence-electron chi connectivity index (χ0n) is 18.3. The number of carbonyl (C=O) groups is 2. The summed E-state index contributed by atoms with van der Waals surface area (Å²) in [6.45, 7) is 1.84. The molecule has 1 atom stereocenters. The number of carbonyl (C=O) groups excluding carboxylic acids is 1. The largest absolute Gasteiger partial charge is 0.496 e. The fourth-order valence-corrected chi connectivity index (χ4v) is 2.65. The van der Waals surface area contributed by atoms with Gasteiger partial charge in [0.2, 0.25) is 5.88 Å². The molecule has 13 heteroatoms. The molecule has 3 rings (SSSR count). The highest BCUT2D eigenvalue weighted by atomic mass is 19.4. The topological polar surface area (TPSA) is 139 Å². The molecule has 0 bridgehead atoms. The third-order valence-corrected chi connectivity index (χ3v) is 4.22. The number of aliphatic carboxylic acids is 1. The summed E-state index contributed by atoms with van der Waals surface area (Å²) in [6.07, 6.45) is -1.09. The summed E-state index contributed by atoms with van der Waals surface area (Å²) in [5.41, 5.74) is 1.76. The molecule has 0 aliphatic heterocycles. The molecule has 180 valence electrons. The summed E-state index contributed by atoms with van der Waals surface area (Å²) in [5.74, 6) is -2.09. The number of alkyl halides is 3. The highest BCUT2D eigenvalue weighted by Gasteiger charge is 2.38. The van der Waals surface area contributed by atoms with Crippen LogP contribution in [0, 0.1) is 17.2 Å². The van der Waals surface area contributed by atoms with Gasteiger partial charge in [0.25, 0.3) is 5.91 Å². The van der Waals surface area contributed by atoms with Crippen molar-refractivity contribution in [1.82, 2.24) is 14.4 Å². The lowest BCUT2D eigenvalue weighted by atomic mass is 10.1. The maximum Gasteiger partial charge on any atom is 0.490 e. The number of nitriles is 1. The van der Waals surface area contributed by atoms with Crippen LogP contribution in [-0.4, -0.2) is 51.7 Å². The van der Waals surface area contributed by atoms with E-state index < -0.39 is 12.1 Å². The Balaban J connectivity index is 0.000000509. The smallest absolute Gasteiger partial charge is 0.490 e. The molecule has 10 nitrogen and oxygen atoms in total. The van der Waals surface area contributed by atoms with Crippen molar-refractivity contribution in [2.45, 2.75) is 19.5 Å². The molecule has 0 aliphatic rings. The normalized spacial score (nSPS) is 11.6. The van der Waals surface area contributed by atoms with Crippen molar-refractivity contribution in [3.05, 3.63) is 47.9 Å². The maximum atomic E-state index is 12.7. The molecule has 0 spiro atoms. The van der Waals surface area contributed by atoms with Gasteiger partial charge in [-0.25, -0.2) is 9.78 Å². The molecule has 2 N–H and O–H groups in total. The number of pyridine rings is 2. The molecule has 0 radical (unpaired) electrons. The van der Waals surface area contributed by atoms with E-state index in [0.29, 0.717) is 35.1 Å². The van der Waals surface area contributed by atoms with Crippen molar-refractivity contribution >= 4 is 23.3 Å². The summed E-state index contributed by atoms with van der Waals surface area (Å²) < 4.78 is 43.9. The number of carboxylic acid groups (broad SMARTS) is 1. The number of methoxy groups -OCH3 is 2. The van der Waals surface area contributed by atoms with Gasteiger partial charge in [-0.15, -0.1) is 0 Å². The number of rotatable bonds is 6. The molecule has 3 heterocycles. The lowest BCUT2D eigenvalue weighted by molar-refractivity contribution is -0.192. The first kappa shape index (κ1) is 25.9. The van der Waals surface area contributed by atoms with Crippen molar-refractivity contribution in [1.29, 1.82) is 5.26 Å². The van der Waals surface area contributed by atoms with Gasteiger partial charge in [-0.1, -0.05) is 6.07 Å². The number of nitrogens with one attached hydrogen (secondary N) is 1. The number of amides is 1. The van der Waals surface area contributed by atoms with Crippen molar-refractivity contribution in [2.75, 3.05) is 19.5 Å². The minimum atomic E-state index is -5.08. The van der Waals surface area contributed by atoms with E-state index >= 15 is 0 Å². The van der Waals surface area contributed by atoms with Gasteiger partial charge in [0.15, 0.2) is 0 Å². The molecule has 0 saturated carbocycles. The lowest BCUT2D eigenvalue weighted by Gasteiger charge is -2.10. The number of hydrogen-bond donors (Lipinski definition) is 2. The minimum Gasteiger partial charge on any atom is -0.496 e. The van der Waals surface area contributed by atoms with Gasteiger partial charge in [-0.3, -0.25) is 4.79 Å². The third kappa shape index (κ3) is 6.83. The molecule has 34 heavy (non-hydrogen) atoms. The van der Waals surface area contributed by atoms with Crippen LogP contribution in [0.3, 0.4) is 0 Å². The molecule has 3 aromatic heterocycles. The second-order valence-corrected chi connectivity index (χ2v) is 6.81. The van der Waals surface area contributed by atoms with Gasteiger partial charge in [-0.05, 0) is 13.0 Å². The van der Waals surface area contributed by atoms with Crippen molar-refractivity contribution in [3.63, 3.8) is 0 Å². The second kappa shape index (κ2) is 11.0. The first-order valence-corrected chi connectivity index (χ1v) is 9.56. The quantitative estimate of drug-likeness (QED) is 0.549. The zero-order valence-corrected chi connectivity index (χ0v) is 18.3. The summed E-state index contributed by atoms with van der Waals surface area (Å²) in [6, 6.07) is 8.98. The molecule has 0 saturated heterocycles. The zero-order chi connectivity index (χ0) is 25.5. The number of carboxylic acids is 1. The third-order valence-electron chi connectivity index (χ3n) is 4.22. The maximum absolute atomic E-state index is 12.7. The van der Waals surface area contributed by atoms with Gasteiger partial charge in [0, 0.05) is 36.9 Å². The Labute approximate surface area is 191 Å².